The van der Waals surface area contributed by atoms with Gasteiger partial charge in [-0.2, -0.15) is 4.98 Å². The van der Waals surface area contributed by atoms with Crippen LogP contribution in [0.2, 0.25) is 5.02 Å². The van der Waals surface area contributed by atoms with Crippen molar-refractivity contribution in [3.05, 3.63) is 58.5 Å². The van der Waals surface area contributed by atoms with Crippen molar-refractivity contribution < 1.29 is 13.7 Å². The quantitative estimate of drug-likeness (QED) is 0.420. The fourth-order valence-corrected chi connectivity index (χ4v) is 4.81. The van der Waals surface area contributed by atoms with Gasteiger partial charge in [0.2, 0.25) is 6.39 Å². The van der Waals surface area contributed by atoms with Crippen LogP contribution in [0.25, 0.3) is 10.2 Å². The van der Waals surface area contributed by atoms with E-state index in [2.05, 4.69) is 35.6 Å². The second-order valence-corrected chi connectivity index (χ2v) is 9.11. The standard InChI is InChI=1S/C21H19ClFN7O2S/c22-15-7-13(1-2-16(15)23)27-19-14-8-17(33-21(14)25-10-24-19)20(31)28-12-3-5-30(6-4-12)9-18-26-11-32-29-18/h1-2,7-8,10-12H,3-6,9H2,(H,28,31)(H,24,25,27). The second kappa shape index (κ2) is 9.38. The van der Waals surface area contributed by atoms with Crippen LogP contribution in [0.4, 0.5) is 15.9 Å². The van der Waals surface area contributed by atoms with Crippen molar-refractivity contribution in [2.45, 2.75) is 25.4 Å². The topological polar surface area (TPSA) is 109 Å². The van der Waals surface area contributed by atoms with Crippen molar-refractivity contribution in [2.24, 2.45) is 0 Å². The van der Waals surface area contributed by atoms with Gasteiger partial charge in [-0.25, -0.2) is 14.4 Å². The molecular formula is C21H19ClFN7O2S. The van der Waals surface area contributed by atoms with Gasteiger partial charge in [0.15, 0.2) is 5.82 Å². The average molecular weight is 488 g/mol. The Morgan fingerprint density at radius 3 is 2.85 bits per heavy atom. The van der Waals surface area contributed by atoms with E-state index < -0.39 is 5.82 Å². The van der Waals surface area contributed by atoms with Gasteiger partial charge < -0.3 is 15.2 Å². The number of anilines is 2. The van der Waals surface area contributed by atoms with Crippen LogP contribution in [0.15, 0.2) is 41.5 Å². The summed E-state index contributed by atoms with van der Waals surface area (Å²) in [5.74, 6) is 0.555. The minimum absolute atomic E-state index is 0.0130. The number of amides is 1. The molecule has 0 aliphatic carbocycles. The maximum Gasteiger partial charge on any atom is 0.261 e. The van der Waals surface area contributed by atoms with Gasteiger partial charge in [0.25, 0.3) is 5.91 Å². The van der Waals surface area contributed by atoms with Gasteiger partial charge in [-0.05, 0) is 37.1 Å². The third-order valence-corrected chi connectivity index (χ3v) is 6.76. The Morgan fingerprint density at radius 1 is 1.24 bits per heavy atom. The van der Waals surface area contributed by atoms with Gasteiger partial charge in [0, 0.05) is 24.8 Å². The van der Waals surface area contributed by atoms with Crippen LogP contribution in [0.5, 0.6) is 0 Å². The van der Waals surface area contributed by atoms with Crippen LogP contribution in [-0.2, 0) is 6.54 Å². The second-order valence-electron chi connectivity index (χ2n) is 7.68. The zero-order valence-corrected chi connectivity index (χ0v) is 18.9. The molecule has 0 radical (unpaired) electrons. The van der Waals surface area contributed by atoms with Gasteiger partial charge in [0.1, 0.15) is 22.8 Å². The van der Waals surface area contributed by atoms with Crippen molar-refractivity contribution in [3.63, 3.8) is 0 Å². The smallest absolute Gasteiger partial charge is 0.261 e. The first-order valence-corrected chi connectivity index (χ1v) is 11.5. The summed E-state index contributed by atoms with van der Waals surface area (Å²) in [6.07, 6.45) is 4.43. The molecule has 1 fully saturated rings. The summed E-state index contributed by atoms with van der Waals surface area (Å²) in [7, 11) is 0. The maximum atomic E-state index is 13.4. The molecule has 1 aliphatic heterocycles. The molecule has 5 rings (SSSR count). The van der Waals surface area contributed by atoms with Crippen molar-refractivity contribution >= 4 is 50.6 Å². The number of piperidine rings is 1. The average Bonchev–Trinajstić information content (AvgIpc) is 3.48. The number of hydrogen-bond donors (Lipinski definition) is 2. The van der Waals surface area contributed by atoms with E-state index in [0.29, 0.717) is 39.0 Å². The van der Waals surface area contributed by atoms with Gasteiger partial charge in [-0.1, -0.05) is 16.8 Å². The Bertz CT molecular complexity index is 1280. The van der Waals surface area contributed by atoms with E-state index in [0.717, 1.165) is 25.9 Å². The van der Waals surface area contributed by atoms with Crippen LogP contribution in [0.3, 0.4) is 0 Å². The molecule has 0 unspecified atom stereocenters. The van der Waals surface area contributed by atoms with E-state index in [-0.39, 0.29) is 17.0 Å². The predicted molar refractivity (Wildman–Crippen MR) is 122 cm³/mol. The maximum absolute atomic E-state index is 13.4. The number of carbonyl (C=O) groups excluding carboxylic acids is 1. The number of fused-ring (bicyclic) bond motifs is 1. The number of aromatic nitrogens is 4. The van der Waals surface area contributed by atoms with Crippen molar-refractivity contribution in [2.75, 3.05) is 18.4 Å². The van der Waals surface area contributed by atoms with Crippen LogP contribution in [0, 0.1) is 5.82 Å². The first kappa shape index (κ1) is 21.7. The number of nitrogens with zero attached hydrogens (tertiary/aromatic N) is 5. The lowest BCUT2D eigenvalue weighted by Gasteiger charge is -2.31. The molecule has 0 bridgehead atoms. The lowest BCUT2D eigenvalue weighted by atomic mass is 10.0. The van der Waals surface area contributed by atoms with E-state index in [4.69, 9.17) is 16.1 Å². The molecule has 3 aromatic heterocycles. The molecule has 33 heavy (non-hydrogen) atoms. The summed E-state index contributed by atoms with van der Waals surface area (Å²) in [5, 5.41) is 10.8. The summed E-state index contributed by atoms with van der Waals surface area (Å²) in [4.78, 5) is 29.0. The van der Waals surface area contributed by atoms with Crippen LogP contribution >= 0.6 is 22.9 Å². The molecule has 9 nitrogen and oxygen atoms in total. The van der Waals surface area contributed by atoms with E-state index in [1.54, 1.807) is 12.1 Å². The molecule has 12 heteroatoms. The molecule has 0 spiro atoms. The zero-order chi connectivity index (χ0) is 22.8. The minimum atomic E-state index is -0.495. The van der Waals surface area contributed by atoms with E-state index in [1.807, 2.05) is 0 Å². The van der Waals surface area contributed by atoms with Crippen LogP contribution < -0.4 is 10.6 Å². The molecule has 0 atom stereocenters. The molecule has 4 aromatic rings. The van der Waals surface area contributed by atoms with Crippen molar-refractivity contribution in [1.29, 1.82) is 0 Å². The molecule has 1 aromatic carbocycles. The molecule has 2 N–H and O–H groups in total. The number of rotatable bonds is 6. The zero-order valence-electron chi connectivity index (χ0n) is 17.3. The van der Waals surface area contributed by atoms with Crippen LogP contribution in [0.1, 0.15) is 28.3 Å². The number of thiophene rings is 1. The third-order valence-electron chi connectivity index (χ3n) is 5.43. The molecule has 0 saturated carbocycles. The van der Waals surface area contributed by atoms with E-state index >= 15 is 0 Å². The number of benzene rings is 1. The van der Waals surface area contributed by atoms with Gasteiger partial charge in [0.05, 0.1) is 21.8 Å². The summed E-state index contributed by atoms with van der Waals surface area (Å²) < 4.78 is 18.2. The highest BCUT2D eigenvalue weighted by Crippen LogP contribution is 2.31. The SMILES string of the molecule is O=C(NC1CCN(Cc2ncon2)CC1)c1cc2c(Nc3ccc(F)c(Cl)c3)ncnc2s1. The van der Waals surface area contributed by atoms with Crippen LogP contribution in [-0.4, -0.2) is 50.0 Å². The van der Waals surface area contributed by atoms with Crippen molar-refractivity contribution in [3.8, 4) is 0 Å². The Labute approximate surface area is 197 Å². The largest absolute Gasteiger partial charge is 0.349 e. The first-order valence-electron chi connectivity index (χ1n) is 10.3. The summed E-state index contributed by atoms with van der Waals surface area (Å²) in [6.45, 7) is 2.32. The van der Waals surface area contributed by atoms with Gasteiger partial charge in [-0.15, -0.1) is 11.3 Å². The normalized spacial score (nSPS) is 15.1. The Morgan fingerprint density at radius 2 is 2.09 bits per heavy atom. The minimum Gasteiger partial charge on any atom is -0.349 e. The number of likely N-dealkylation sites (tertiary alicyclic amines) is 1. The highest BCUT2D eigenvalue weighted by Gasteiger charge is 2.23. The number of nitrogens with one attached hydrogen (secondary N) is 2. The number of halogens is 2. The molecule has 4 heterocycles. The third kappa shape index (κ3) is 4.95. The predicted octanol–water partition coefficient (Wildman–Crippen LogP) is 4.00. The van der Waals surface area contributed by atoms with Crippen molar-refractivity contribution in [1.82, 2.24) is 30.3 Å². The first-order chi connectivity index (χ1) is 16.0. The van der Waals surface area contributed by atoms with Gasteiger partial charge in [-0.3, -0.25) is 9.69 Å². The number of hydrogen-bond acceptors (Lipinski definition) is 9. The lowest BCUT2D eigenvalue weighted by Crippen LogP contribution is -2.44. The fraction of sp³-hybridized carbons (Fsp3) is 0.286. The van der Waals surface area contributed by atoms with Gasteiger partial charge >= 0.3 is 0 Å². The molecular weight excluding hydrogens is 469 g/mol. The Hall–Kier alpha value is -3.15. The molecule has 1 saturated heterocycles. The highest BCUT2D eigenvalue weighted by atomic mass is 35.5. The molecule has 1 aliphatic rings. The summed E-state index contributed by atoms with van der Waals surface area (Å²) in [5.41, 5.74) is 0.589. The highest BCUT2D eigenvalue weighted by molar-refractivity contribution is 7.20. The van der Waals surface area contributed by atoms with E-state index in [9.17, 15) is 9.18 Å². The van der Waals surface area contributed by atoms with E-state index in [1.165, 1.54) is 36.2 Å². The fourth-order valence-electron chi connectivity index (χ4n) is 3.73. The molecule has 170 valence electrons. The monoisotopic (exact) mass is 487 g/mol. The Kier molecular flexibility index (Phi) is 6.16. The number of carbonyl (C=O) groups is 1. The summed E-state index contributed by atoms with van der Waals surface area (Å²) >= 11 is 7.17. The summed E-state index contributed by atoms with van der Waals surface area (Å²) in [6, 6.07) is 6.20. The lowest BCUT2D eigenvalue weighted by molar-refractivity contribution is 0.0912. The Balaban J connectivity index is 1.24. The molecule has 1 amide bonds.